The van der Waals surface area contributed by atoms with Crippen LogP contribution >= 0.6 is 39.0 Å². The Hall–Kier alpha value is -1.58. The number of anilines is 2. The summed E-state index contributed by atoms with van der Waals surface area (Å²) in [6.07, 6.45) is 1.71. The molecule has 6 nitrogen and oxygen atoms in total. The number of aromatic nitrogens is 2. The van der Waals surface area contributed by atoms with Crippen LogP contribution in [0.1, 0.15) is 4.88 Å². The molecule has 122 valence electrons. The molecule has 23 heavy (non-hydrogen) atoms. The first kappa shape index (κ1) is 17.8. The van der Waals surface area contributed by atoms with Gasteiger partial charge in [0.2, 0.25) is 5.91 Å². The maximum Gasteiger partial charge on any atom is 0.233 e. The van der Waals surface area contributed by atoms with Gasteiger partial charge in [0.15, 0.2) is 5.16 Å². The van der Waals surface area contributed by atoms with E-state index in [-0.39, 0.29) is 11.7 Å². The van der Waals surface area contributed by atoms with Gasteiger partial charge in [-0.3, -0.25) is 4.79 Å². The van der Waals surface area contributed by atoms with Gasteiger partial charge in [0.25, 0.3) is 0 Å². The van der Waals surface area contributed by atoms with Crippen LogP contribution in [0.3, 0.4) is 0 Å². The van der Waals surface area contributed by atoms with Crippen LogP contribution < -0.4 is 11.5 Å². The summed E-state index contributed by atoms with van der Waals surface area (Å²) in [4.78, 5) is 23.4. The van der Waals surface area contributed by atoms with Crippen LogP contribution in [-0.4, -0.2) is 33.1 Å². The van der Waals surface area contributed by atoms with Crippen molar-refractivity contribution in [1.82, 2.24) is 14.9 Å². The largest absolute Gasteiger partial charge is 0.383 e. The number of hydrogen-bond acceptors (Lipinski definition) is 7. The summed E-state index contributed by atoms with van der Waals surface area (Å²) >= 11 is 6.24. The Kier molecular flexibility index (Phi) is 6.43. The van der Waals surface area contributed by atoms with Gasteiger partial charge < -0.3 is 16.4 Å². The van der Waals surface area contributed by atoms with Gasteiger partial charge in [-0.25, -0.2) is 9.97 Å². The Labute approximate surface area is 151 Å². The Morgan fingerprint density at radius 2 is 2.09 bits per heavy atom. The number of thioether (sulfide) groups is 1. The van der Waals surface area contributed by atoms with Gasteiger partial charge in [0.05, 0.1) is 16.1 Å². The average molecular weight is 414 g/mol. The van der Waals surface area contributed by atoms with E-state index >= 15 is 0 Å². The van der Waals surface area contributed by atoms with Gasteiger partial charge in [-0.2, -0.15) is 0 Å². The molecule has 0 fully saturated rings. The molecular weight excluding hydrogens is 398 g/mol. The first-order chi connectivity index (χ1) is 11.0. The Morgan fingerprint density at radius 1 is 1.39 bits per heavy atom. The lowest BCUT2D eigenvalue weighted by Crippen LogP contribution is -2.31. The zero-order chi connectivity index (χ0) is 16.8. The number of carbonyl (C=O) groups is 1. The van der Waals surface area contributed by atoms with Crippen molar-refractivity contribution in [2.75, 3.05) is 23.8 Å². The molecular formula is C14H16BrN5OS2. The van der Waals surface area contributed by atoms with E-state index in [1.54, 1.807) is 22.3 Å². The predicted octanol–water partition coefficient (Wildman–Crippen LogP) is 2.77. The zero-order valence-corrected chi connectivity index (χ0v) is 15.5. The fourth-order valence-electron chi connectivity index (χ4n) is 1.78. The molecule has 0 radical (unpaired) electrons. The van der Waals surface area contributed by atoms with Crippen LogP contribution in [0.5, 0.6) is 0 Å². The van der Waals surface area contributed by atoms with Gasteiger partial charge in [-0.05, 0) is 28.1 Å². The number of nitrogens with two attached hydrogens (primary N) is 2. The summed E-state index contributed by atoms with van der Waals surface area (Å²) in [5, 5.41) is 0.397. The summed E-state index contributed by atoms with van der Waals surface area (Å²) in [7, 11) is 0. The Bertz CT molecular complexity index is 686. The van der Waals surface area contributed by atoms with Gasteiger partial charge in [-0.15, -0.1) is 17.9 Å². The molecule has 0 atom stereocenters. The highest BCUT2D eigenvalue weighted by Gasteiger charge is 2.15. The lowest BCUT2D eigenvalue weighted by molar-refractivity contribution is -0.128. The molecule has 0 spiro atoms. The number of nitrogen functional groups attached to an aromatic ring is 2. The molecule has 2 rings (SSSR count). The van der Waals surface area contributed by atoms with Crippen LogP contribution in [0.2, 0.25) is 0 Å². The molecule has 2 aromatic rings. The summed E-state index contributed by atoms with van der Waals surface area (Å²) in [6, 6.07) is 5.44. The van der Waals surface area contributed by atoms with Gasteiger partial charge >= 0.3 is 0 Å². The molecule has 0 saturated heterocycles. The predicted molar refractivity (Wildman–Crippen MR) is 99.2 cm³/mol. The van der Waals surface area contributed by atoms with Crippen LogP contribution in [0.25, 0.3) is 0 Å². The number of amides is 1. The molecule has 0 aliphatic rings. The van der Waals surface area contributed by atoms with Crippen molar-refractivity contribution in [3.63, 3.8) is 0 Å². The third kappa shape index (κ3) is 5.52. The SMILES string of the molecule is C=CCN(Cc1ccc(Br)s1)C(=O)CSc1nc(N)cc(N)n1. The fourth-order valence-corrected chi connectivity index (χ4v) is 4.05. The number of nitrogens with zero attached hydrogens (tertiary/aromatic N) is 3. The minimum absolute atomic E-state index is 0.0241. The summed E-state index contributed by atoms with van der Waals surface area (Å²) < 4.78 is 1.04. The van der Waals surface area contributed by atoms with Gasteiger partial charge in [-0.1, -0.05) is 17.8 Å². The first-order valence-corrected chi connectivity index (χ1v) is 9.23. The second kappa shape index (κ2) is 8.32. The van der Waals surface area contributed by atoms with E-state index in [0.29, 0.717) is 29.9 Å². The van der Waals surface area contributed by atoms with E-state index in [1.807, 2.05) is 12.1 Å². The van der Waals surface area contributed by atoms with E-state index in [9.17, 15) is 4.79 Å². The van der Waals surface area contributed by atoms with Crippen LogP contribution in [0.15, 0.2) is 39.8 Å². The van der Waals surface area contributed by atoms with Crippen molar-refractivity contribution in [3.8, 4) is 0 Å². The lowest BCUT2D eigenvalue weighted by atomic mass is 10.4. The normalized spacial score (nSPS) is 10.5. The van der Waals surface area contributed by atoms with Crippen molar-refractivity contribution >= 4 is 56.6 Å². The molecule has 1 amide bonds. The Balaban J connectivity index is 1.98. The monoisotopic (exact) mass is 413 g/mol. The molecule has 2 heterocycles. The molecule has 0 unspecified atom stereocenters. The van der Waals surface area contributed by atoms with Crippen LogP contribution in [0.4, 0.5) is 11.6 Å². The summed E-state index contributed by atoms with van der Waals surface area (Å²) in [5.41, 5.74) is 11.2. The highest BCUT2D eigenvalue weighted by Crippen LogP contribution is 2.24. The number of halogens is 1. The number of hydrogen-bond donors (Lipinski definition) is 2. The van der Waals surface area contributed by atoms with Crippen molar-refractivity contribution < 1.29 is 4.79 Å². The summed E-state index contributed by atoms with van der Waals surface area (Å²) in [6.45, 7) is 4.73. The van der Waals surface area contributed by atoms with E-state index in [2.05, 4.69) is 32.5 Å². The molecule has 0 bridgehead atoms. The van der Waals surface area contributed by atoms with Gasteiger partial charge in [0, 0.05) is 17.5 Å². The van der Waals surface area contributed by atoms with Gasteiger partial charge in [0.1, 0.15) is 11.6 Å². The molecule has 4 N–H and O–H groups in total. The summed E-state index contributed by atoms with van der Waals surface area (Å²) in [5.74, 6) is 0.769. The molecule has 2 aromatic heterocycles. The molecule has 9 heteroatoms. The van der Waals surface area contributed by atoms with E-state index in [4.69, 9.17) is 11.5 Å². The minimum Gasteiger partial charge on any atom is -0.383 e. The number of thiophene rings is 1. The highest BCUT2D eigenvalue weighted by molar-refractivity contribution is 9.11. The molecule has 0 aromatic carbocycles. The van der Waals surface area contributed by atoms with E-state index in [0.717, 1.165) is 8.66 Å². The average Bonchev–Trinajstić information content (AvgIpc) is 2.88. The fraction of sp³-hybridized carbons (Fsp3) is 0.214. The van der Waals surface area contributed by atoms with E-state index in [1.165, 1.54) is 17.8 Å². The maximum atomic E-state index is 12.4. The van der Waals surface area contributed by atoms with E-state index < -0.39 is 0 Å². The van der Waals surface area contributed by atoms with Crippen molar-refractivity contribution in [1.29, 1.82) is 0 Å². The quantitative estimate of drug-likeness (QED) is 0.411. The Morgan fingerprint density at radius 3 is 2.65 bits per heavy atom. The number of rotatable bonds is 7. The van der Waals surface area contributed by atoms with Crippen LogP contribution in [0, 0.1) is 0 Å². The second-order valence-electron chi connectivity index (χ2n) is 4.56. The highest BCUT2D eigenvalue weighted by atomic mass is 79.9. The van der Waals surface area contributed by atoms with Crippen molar-refractivity contribution in [2.24, 2.45) is 0 Å². The maximum absolute atomic E-state index is 12.4. The third-order valence-corrected chi connectivity index (χ3v) is 5.19. The number of carbonyl (C=O) groups excluding carboxylic acids is 1. The van der Waals surface area contributed by atoms with Crippen LogP contribution in [-0.2, 0) is 11.3 Å². The standard InChI is InChI=1S/C14H16BrN5OS2/c1-2-5-20(7-9-3-4-10(15)23-9)13(21)8-22-14-18-11(16)6-12(17)19-14/h2-4,6H,1,5,7-8H2,(H4,16,17,18,19). The lowest BCUT2D eigenvalue weighted by Gasteiger charge is -2.20. The minimum atomic E-state index is -0.0241. The molecule has 0 aliphatic heterocycles. The molecule has 0 aliphatic carbocycles. The van der Waals surface area contributed by atoms with Crippen molar-refractivity contribution in [2.45, 2.75) is 11.7 Å². The third-order valence-electron chi connectivity index (χ3n) is 2.75. The smallest absolute Gasteiger partial charge is 0.233 e. The molecule has 0 saturated carbocycles. The van der Waals surface area contributed by atoms with Crippen molar-refractivity contribution in [3.05, 3.63) is 39.5 Å². The zero-order valence-electron chi connectivity index (χ0n) is 12.2. The second-order valence-corrected chi connectivity index (χ2v) is 8.05. The first-order valence-electron chi connectivity index (χ1n) is 6.63. The topological polar surface area (TPSA) is 98.1 Å².